The number of aromatic amines is 1. The van der Waals surface area contributed by atoms with Gasteiger partial charge in [-0.1, -0.05) is 0 Å². The summed E-state index contributed by atoms with van der Waals surface area (Å²) in [4.78, 5) is 3.19. The van der Waals surface area contributed by atoms with Crippen molar-refractivity contribution in [2.45, 2.75) is 27.3 Å². The summed E-state index contributed by atoms with van der Waals surface area (Å²) in [6, 6.07) is 4.70. The second-order valence-electron chi connectivity index (χ2n) is 4.80. The molecular formula is C14H15FN4S. The van der Waals surface area contributed by atoms with Crippen molar-refractivity contribution in [2.75, 3.05) is 0 Å². The van der Waals surface area contributed by atoms with Crippen molar-refractivity contribution < 1.29 is 4.39 Å². The minimum absolute atomic E-state index is 0.246. The molecule has 3 rings (SSSR count). The minimum Gasteiger partial charge on any atom is -0.327 e. The SMILES string of the molecule is CCn1nc(C)c2[nH]c(=S)n(-c3ccc(F)cc3C)c21. The second kappa shape index (κ2) is 4.56. The molecule has 0 aliphatic rings. The van der Waals surface area contributed by atoms with Crippen molar-refractivity contribution in [3.8, 4) is 5.69 Å². The maximum absolute atomic E-state index is 13.3. The minimum atomic E-state index is -0.246. The van der Waals surface area contributed by atoms with E-state index in [1.54, 1.807) is 6.07 Å². The van der Waals surface area contributed by atoms with Crippen LogP contribution in [-0.4, -0.2) is 19.3 Å². The molecule has 0 amide bonds. The summed E-state index contributed by atoms with van der Waals surface area (Å²) in [7, 11) is 0. The first kappa shape index (κ1) is 13.1. The number of fused-ring (bicyclic) bond motifs is 1. The largest absolute Gasteiger partial charge is 0.327 e. The number of hydrogen-bond donors (Lipinski definition) is 1. The highest BCUT2D eigenvalue weighted by Crippen LogP contribution is 2.24. The summed E-state index contributed by atoms with van der Waals surface area (Å²) in [5.74, 6) is -0.246. The predicted octanol–water partition coefficient (Wildman–Crippen LogP) is 3.66. The molecule has 6 heteroatoms. The number of nitrogens with zero attached hydrogens (tertiary/aromatic N) is 3. The van der Waals surface area contributed by atoms with Crippen molar-refractivity contribution in [2.24, 2.45) is 0 Å². The Labute approximate surface area is 120 Å². The Bertz CT molecular complexity index is 856. The molecule has 104 valence electrons. The lowest BCUT2D eigenvalue weighted by atomic mass is 10.2. The number of benzene rings is 1. The van der Waals surface area contributed by atoms with E-state index in [0.717, 1.165) is 34.7 Å². The van der Waals surface area contributed by atoms with Crippen molar-refractivity contribution in [3.63, 3.8) is 0 Å². The van der Waals surface area contributed by atoms with Crippen LogP contribution in [0.25, 0.3) is 16.9 Å². The third-order valence-electron chi connectivity index (χ3n) is 3.45. The topological polar surface area (TPSA) is 38.5 Å². The zero-order valence-corrected chi connectivity index (χ0v) is 12.4. The number of imidazole rings is 1. The first-order chi connectivity index (χ1) is 9.52. The van der Waals surface area contributed by atoms with Gasteiger partial charge in [0, 0.05) is 6.54 Å². The van der Waals surface area contributed by atoms with Crippen LogP contribution in [0.4, 0.5) is 4.39 Å². The summed E-state index contributed by atoms with van der Waals surface area (Å²) < 4.78 is 17.7. The third-order valence-corrected chi connectivity index (χ3v) is 3.73. The van der Waals surface area contributed by atoms with E-state index in [-0.39, 0.29) is 5.82 Å². The van der Waals surface area contributed by atoms with E-state index < -0.39 is 0 Å². The summed E-state index contributed by atoms with van der Waals surface area (Å²) in [6.45, 7) is 6.60. The molecule has 1 aromatic carbocycles. The standard InChI is InChI=1S/C14H15FN4S/c1-4-18-13-12(9(3)17-18)16-14(20)19(13)11-6-5-10(15)7-8(11)2/h5-7H,4H2,1-3H3,(H,16,20). The van der Waals surface area contributed by atoms with E-state index in [2.05, 4.69) is 10.1 Å². The summed E-state index contributed by atoms with van der Waals surface area (Å²) in [5, 5.41) is 4.49. The summed E-state index contributed by atoms with van der Waals surface area (Å²) >= 11 is 5.42. The molecule has 2 aromatic heterocycles. The Morgan fingerprint density at radius 2 is 2.10 bits per heavy atom. The molecule has 0 radical (unpaired) electrons. The van der Waals surface area contributed by atoms with Gasteiger partial charge in [0.2, 0.25) is 0 Å². The molecular weight excluding hydrogens is 275 g/mol. The Balaban J connectivity index is 2.41. The lowest BCUT2D eigenvalue weighted by molar-refractivity contribution is 0.625. The number of H-pyrrole nitrogens is 1. The summed E-state index contributed by atoms with van der Waals surface area (Å²) in [5.41, 5.74) is 4.47. The van der Waals surface area contributed by atoms with E-state index >= 15 is 0 Å². The first-order valence-electron chi connectivity index (χ1n) is 6.47. The third kappa shape index (κ3) is 1.79. The van der Waals surface area contributed by atoms with Gasteiger partial charge in [0.05, 0.1) is 11.4 Å². The van der Waals surface area contributed by atoms with Crippen LogP contribution in [0.1, 0.15) is 18.2 Å². The van der Waals surface area contributed by atoms with E-state index in [1.807, 2.05) is 30.0 Å². The molecule has 0 saturated carbocycles. The highest BCUT2D eigenvalue weighted by atomic mass is 32.1. The number of nitrogens with one attached hydrogen (secondary N) is 1. The predicted molar refractivity (Wildman–Crippen MR) is 79.4 cm³/mol. The molecule has 4 nitrogen and oxygen atoms in total. The second-order valence-corrected chi connectivity index (χ2v) is 5.18. The Kier molecular flexibility index (Phi) is 2.97. The molecule has 1 N–H and O–H groups in total. The highest BCUT2D eigenvalue weighted by molar-refractivity contribution is 7.71. The molecule has 0 spiro atoms. The van der Waals surface area contributed by atoms with Gasteiger partial charge in [-0.2, -0.15) is 5.10 Å². The van der Waals surface area contributed by atoms with Crippen LogP contribution in [0.3, 0.4) is 0 Å². The normalized spacial score (nSPS) is 11.4. The molecule has 2 heterocycles. The quantitative estimate of drug-likeness (QED) is 0.731. The van der Waals surface area contributed by atoms with Gasteiger partial charge in [0.25, 0.3) is 0 Å². The van der Waals surface area contributed by atoms with Crippen molar-refractivity contribution in [3.05, 3.63) is 40.0 Å². The van der Waals surface area contributed by atoms with Crippen LogP contribution in [0.5, 0.6) is 0 Å². The van der Waals surface area contributed by atoms with Crippen LogP contribution in [0.2, 0.25) is 0 Å². The summed E-state index contributed by atoms with van der Waals surface area (Å²) in [6.07, 6.45) is 0. The van der Waals surface area contributed by atoms with E-state index in [1.165, 1.54) is 12.1 Å². The Morgan fingerprint density at radius 1 is 1.35 bits per heavy atom. The fourth-order valence-electron chi connectivity index (χ4n) is 2.52. The van der Waals surface area contributed by atoms with E-state index in [9.17, 15) is 4.39 Å². The number of hydrogen-bond acceptors (Lipinski definition) is 2. The number of aryl methyl sites for hydroxylation is 3. The van der Waals surface area contributed by atoms with Gasteiger partial charge in [0.15, 0.2) is 10.4 Å². The van der Waals surface area contributed by atoms with Crippen molar-refractivity contribution in [1.29, 1.82) is 0 Å². The molecule has 20 heavy (non-hydrogen) atoms. The van der Waals surface area contributed by atoms with Gasteiger partial charge in [-0.25, -0.2) is 9.07 Å². The number of aromatic nitrogens is 4. The van der Waals surface area contributed by atoms with Crippen LogP contribution in [0.15, 0.2) is 18.2 Å². The number of halogens is 1. The number of rotatable bonds is 2. The van der Waals surface area contributed by atoms with E-state index in [0.29, 0.717) is 4.77 Å². The van der Waals surface area contributed by atoms with Gasteiger partial charge in [-0.05, 0) is 56.8 Å². The van der Waals surface area contributed by atoms with E-state index in [4.69, 9.17) is 12.2 Å². The lowest BCUT2D eigenvalue weighted by Crippen LogP contribution is -2.05. The highest BCUT2D eigenvalue weighted by Gasteiger charge is 2.16. The van der Waals surface area contributed by atoms with Gasteiger partial charge >= 0.3 is 0 Å². The first-order valence-corrected chi connectivity index (χ1v) is 6.88. The molecule has 0 unspecified atom stereocenters. The maximum atomic E-state index is 13.3. The van der Waals surface area contributed by atoms with Crippen LogP contribution < -0.4 is 0 Å². The van der Waals surface area contributed by atoms with Crippen molar-refractivity contribution in [1.82, 2.24) is 19.3 Å². The fourth-order valence-corrected chi connectivity index (χ4v) is 2.80. The average molecular weight is 290 g/mol. The van der Waals surface area contributed by atoms with Gasteiger partial charge < -0.3 is 4.98 Å². The fraction of sp³-hybridized carbons (Fsp3) is 0.286. The molecule has 0 saturated heterocycles. The smallest absolute Gasteiger partial charge is 0.184 e. The Morgan fingerprint density at radius 3 is 2.75 bits per heavy atom. The van der Waals surface area contributed by atoms with Crippen molar-refractivity contribution >= 4 is 23.4 Å². The molecule has 0 aliphatic heterocycles. The monoisotopic (exact) mass is 290 g/mol. The van der Waals surface area contributed by atoms with Crippen LogP contribution >= 0.6 is 12.2 Å². The zero-order valence-electron chi connectivity index (χ0n) is 11.6. The van der Waals surface area contributed by atoms with Crippen LogP contribution in [0, 0.1) is 24.4 Å². The van der Waals surface area contributed by atoms with Gasteiger partial charge in [-0.15, -0.1) is 0 Å². The molecule has 0 atom stereocenters. The zero-order chi connectivity index (χ0) is 14.4. The maximum Gasteiger partial charge on any atom is 0.184 e. The van der Waals surface area contributed by atoms with Gasteiger partial charge in [0.1, 0.15) is 11.3 Å². The molecule has 3 aromatic rings. The Hall–Kier alpha value is -1.95. The van der Waals surface area contributed by atoms with Crippen LogP contribution in [-0.2, 0) is 6.54 Å². The lowest BCUT2D eigenvalue weighted by Gasteiger charge is -2.09. The average Bonchev–Trinajstić information content (AvgIpc) is 2.88. The molecule has 0 aliphatic carbocycles. The van der Waals surface area contributed by atoms with Gasteiger partial charge in [-0.3, -0.25) is 4.57 Å². The molecule has 0 fully saturated rings. The molecule has 0 bridgehead atoms.